The van der Waals surface area contributed by atoms with Gasteiger partial charge in [0, 0.05) is 6.07 Å². The first-order chi connectivity index (χ1) is 16.4. The first-order valence-corrected chi connectivity index (χ1v) is 10.3. The lowest BCUT2D eigenvalue weighted by atomic mass is 9.81. The Balaban J connectivity index is 2.40. The van der Waals surface area contributed by atoms with E-state index < -0.39 is 17.9 Å². The van der Waals surface area contributed by atoms with Crippen molar-refractivity contribution in [1.82, 2.24) is 0 Å². The summed E-state index contributed by atoms with van der Waals surface area (Å²) in [5, 5.41) is 19.5. The highest BCUT2D eigenvalue weighted by atomic mass is 16.5. The fourth-order valence-corrected chi connectivity index (χ4v) is 3.80. The molecule has 0 fully saturated rings. The summed E-state index contributed by atoms with van der Waals surface area (Å²) in [6.45, 7) is 2.05. The second kappa shape index (κ2) is 10.2. The third-order valence-electron chi connectivity index (χ3n) is 5.25. The molecule has 2 aromatic carbocycles. The smallest absolute Gasteiger partial charge is 0.355 e. The zero-order valence-electron chi connectivity index (χ0n) is 18.9. The summed E-state index contributed by atoms with van der Waals surface area (Å²) in [6, 6.07) is 17.4. The molecule has 2 N–H and O–H groups in total. The van der Waals surface area contributed by atoms with Crippen LogP contribution in [0.3, 0.4) is 0 Å². The number of anilines is 1. The van der Waals surface area contributed by atoms with Gasteiger partial charge in [-0.05, 0) is 24.6 Å². The van der Waals surface area contributed by atoms with E-state index in [1.807, 2.05) is 6.07 Å². The SMILES string of the molecule is CCOc1cc(N2C(N)=C(C#N)C(c3ccccc3)C(C(=O)OC)=C2C(=O)OC)ccc1C#N. The minimum atomic E-state index is -0.964. The predicted molar refractivity (Wildman–Crippen MR) is 122 cm³/mol. The van der Waals surface area contributed by atoms with Gasteiger partial charge in [-0.3, -0.25) is 4.90 Å². The molecule has 2 aromatic rings. The molecular weight excluding hydrogens is 436 g/mol. The van der Waals surface area contributed by atoms with E-state index in [2.05, 4.69) is 6.07 Å². The van der Waals surface area contributed by atoms with E-state index in [0.717, 1.165) is 0 Å². The molecule has 0 saturated carbocycles. The molecule has 1 aliphatic heterocycles. The monoisotopic (exact) mass is 458 g/mol. The van der Waals surface area contributed by atoms with Gasteiger partial charge in [-0.2, -0.15) is 10.5 Å². The van der Waals surface area contributed by atoms with Crippen molar-refractivity contribution < 1.29 is 23.8 Å². The third kappa shape index (κ3) is 4.15. The summed E-state index contributed by atoms with van der Waals surface area (Å²) in [4.78, 5) is 27.3. The van der Waals surface area contributed by atoms with Gasteiger partial charge in [-0.1, -0.05) is 30.3 Å². The van der Waals surface area contributed by atoms with Gasteiger partial charge in [0.05, 0.1) is 55.2 Å². The summed E-state index contributed by atoms with van der Waals surface area (Å²) < 4.78 is 15.6. The number of hydrogen-bond acceptors (Lipinski definition) is 9. The van der Waals surface area contributed by atoms with Gasteiger partial charge in [0.15, 0.2) is 0 Å². The molecule has 0 bridgehead atoms. The molecular formula is C25H22N4O5. The van der Waals surface area contributed by atoms with Crippen molar-refractivity contribution >= 4 is 17.6 Å². The number of allylic oxidation sites excluding steroid dienone is 1. The van der Waals surface area contributed by atoms with E-state index >= 15 is 0 Å². The molecule has 0 amide bonds. The van der Waals surface area contributed by atoms with Crippen LogP contribution in [0.5, 0.6) is 5.75 Å². The Kier molecular flexibility index (Phi) is 7.20. The van der Waals surface area contributed by atoms with Crippen molar-refractivity contribution in [1.29, 1.82) is 10.5 Å². The Morgan fingerprint density at radius 1 is 1.03 bits per heavy atom. The zero-order valence-corrected chi connectivity index (χ0v) is 18.9. The maximum Gasteiger partial charge on any atom is 0.355 e. The van der Waals surface area contributed by atoms with E-state index in [-0.39, 0.29) is 40.6 Å². The number of rotatable bonds is 6. The van der Waals surface area contributed by atoms with Gasteiger partial charge < -0.3 is 19.9 Å². The fraction of sp³-hybridized carbons (Fsp3) is 0.200. The van der Waals surface area contributed by atoms with E-state index in [0.29, 0.717) is 11.3 Å². The van der Waals surface area contributed by atoms with Gasteiger partial charge in [0.1, 0.15) is 23.3 Å². The van der Waals surface area contributed by atoms with Crippen molar-refractivity contribution in [2.45, 2.75) is 12.8 Å². The van der Waals surface area contributed by atoms with Crippen molar-refractivity contribution in [3.8, 4) is 17.9 Å². The summed E-state index contributed by atoms with van der Waals surface area (Å²) >= 11 is 0. The van der Waals surface area contributed by atoms with E-state index in [1.165, 1.54) is 37.3 Å². The van der Waals surface area contributed by atoms with Crippen LogP contribution in [0.1, 0.15) is 24.0 Å². The Morgan fingerprint density at radius 3 is 2.26 bits per heavy atom. The molecule has 0 spiro atoms. The minimum absolute atomic E-state index is 0.0431. The molecule has 9 heteroatoms. The topological polar surface area (TPSA) is 139 Å². The molecule has 0 radical (unpaired) electrons. The maximum absolute atomic E-state index is 13.1. The number of ether oxygens (including phenoxy) is 3. The fourth-order valence-electron chi connectivity index (χ4n) is 3.80. The highest BCUT2D eigenvalue weighted by Crippen LogP contribution is 2.43. The first kappa shape index (κ1) is 23.9. The molecule has 1 unspecified atom stereocenters. The van der Waals surface area contributed by atoms with Crippen LogP contribution in [0.25, 0.3) is 0 Å². The average molecular weight is 458 g/mol. The van der Waals surface area contributed by atoms with Crippen molar-refractivity contribution in [3.05, 3.63) is 82.3 Å². The largest absolute Gasteiger partial charge is 0.492 e. The number of esters is 2. The number of carbonyl (C=O) groups is 2. The summed E-state index contributed by atoms with van der Waals surface area (Å²) in [5.41, 5.74) is 7.32. The Bertz CT molecular complexity index is 1270. The van der Waals surface area contributed by atoms with Crippen LogP contribution in [-0.4, -0.2) is 32.8 Å². The van der Waals surface area contributed by atoms with Crippen LogP contribution < -0.4 is 15.4 Å². The van der Waals surface area contributed by atoms with E-state index in [9.17, 15) is 20.1 Å². The lowest BCUT2D eigenvalue weighted by Gasteiger charge is -2.36. The number of carbonyl (C=O) groups excluding carboxylic acids is 2. The molecule has 9 nitrogen and oxygen atoms in total. The molecule has 34 heavy (non-hydrogen) atoms. The van der Waals surface area contributed by atoms with Crippen LogP contribution in [0.4, 0.5) is 5.69 Å². The van der Waals surface area contributed by atoms with Crippen molar-refractivity contribution in [3.63, 3.8) is 0 Å². The van der Waals surface area contributed by atoms with Crippen LogP contribution in [0, 0.1) is 22.7 Å². The second-order valence-electron chi connectivity index (χ2n) is 7.06. The molecule has 3 rings (SSSR count). The maximum atomic E-state index is 13.1. The number of methoxy groups -OCH3 is 2. The van der Waals surface area contributed by atoms with Crippen LogP contribution >= 0.6 is 0 Å². The lowest BCUT2D eigenvalue weighted by molar-refractivity contribution is -0.139. The average Bonchev–Trinajstić information content (AvgIpc) is 2.87. The van der Waals surface area contributed by atoms with Crippen molar-refractivity contribution in [2.24, 2.45) is 5.73 Å². The lowest BCUT2D eigenvalue weighted by Crippen LogP contribution is -2.40. The van der Waals surface area contributed by atoms with Gasteiger partial charge >= 0.3 is 11.9 Å². The Labute approximate surface area is 196 Å². The molecule has 1 atom stereocenters. The van der Waals surface area contributed by atoms with Crippen LogP contribution in [-0.2, 0) is 19.1 Å². The van der Waals surface area contributed by atoms with Crippen LogP contribution in [0.15, 0.2) is 71.2 Å². The minimum Gasteiger partial charge on any atom is -0.492 e. The quantitative estimate of drug-likeness (QED) is 0.647. The summed E-state index contributed by atoms with van der Waals surface area (Å²) in [7, 11) is 2.35. The number of nitrogens with zero attached hydrogens (tertiary/aromatic N) is 3. The first-order valence-electron chi connectivity index (χ1n) is 10.3. The number of benzene rings is 2. The molecule has 0 aliphatic carbocycles. The Morgan fingerprint density at radius 2 is 1.71 bits per heavy atom. The molecule has 0 saturated heterocycles. The van der Waals surface area contributed by atoms with Gasteiger partial charge in [0.2, 0.25) is 0 Å². The highest BCUT2D eigenvalue weighted by Gasteiger charge is 2.43. The molecule has 1 heterocycles. The van der Waals surface area contributed by atoms with E-state index in [4.69, 9.17) is 19.9 Å². The molecule has 172 valence electrons. The third-order valence-corrected chi connectivity index (χ3v) is 5.25. The van der Waals surface area contributed by atoms with Gasteiger partial charge in [-0.25, -0.2) is 9.59 Å². The standard InChI is InChI=1S/C25H22N4O5/c1-4-34-19-12-17(11-10-16(19)13-26)29-22(25(31)33-3)21(24(30)32-2)20(18(14-27)23(29)28)15-8-6-5-7-9-15/h5-12,20H,4,28H2,1-3H3. The van der Waals surface area contributed by atoms with Crippen LogP contribution in [0.2, 0.25) is 0 Å². The zero-order chi connectivity index (χ0) is 24.8. The summed E-state index contributed by atoms with van der Waals surface area (Å²) in [6.07, 6.45) is 0. The predicted octanol–water partition coefficient (Wildman–Crippen LogP) is 2.85. The second-order valence-corrected chi connectivity index (χ2v) is 7.06. The van der Waals surface area contributed by atoms with Crippen molar-refractivity contribution in [2.75, 3.05) is 25.7 Å². The van der Waals surface area contributed by atoms with E-state index in [1.54, 1.807) is 37.3 Å². The number of nitriles is 2. The molecule has 1 aliphatic rings. The number of nitrogens with two attached hydrogens (primary N) is 1. The van der Waals surface area contributed by atoms with Gasteiger partial charge in [-0.15, -0.1) is 0 Å². The Hall–Kier alpha value is -4.76. The summed E-state index contributed by atoms with van der Waals surface area (Å²) in [5.74, 6) is -2.46. The normalized spacial score (nSPS) is 15.3. The van der Waals surface area contributed by atoms with Gasteiger partial charge in [0.25, 0.3) is 0 Å². The highest BCUT2D eigenvalue weighted by molar-refractivity contribution is 6.06. The number of hydrogen-bond donors (Lipinski definition) is 1. The molecule has 0 aromatic heterocycles.